The van der Waals surface area contributed by atoms with Crippen LogP contribution in [0.15, 0.2) is 49.1 Å². The number of carbonyl (C=O) groups excluding carboxylic acids is 1. The Bertz CT molecular complexity index is 1090. The van der Waals surface area contributed by atoms with Crippen LogP contribution >= 0.6 is 0 Å². The Hall–Kier alpha value is -3.42. The van der Waals surface area contributed by atoms with Gasteiger partial charge in [-0.25, -0.2) is 9.50 Å². The first-order chi connectivity index (χ1) is 13.3. The smallest absolute Gasteiger partial charge is 0.273 e. The van der Waals surface area contributed by atoms with Gasteiger partial charge in [0.1, 0.15) is 11.7 Å². The average Bonchev–Trinajstić information content (AvgIpc) is 3.44. The number of fused-ring (bicyclic) bond motifs is 2. The number of amides is 1. The molecule has 136 valence electrons. The van der Waals surface area contributed by atoms with Crippen molar-refractivity contribution in [3.63, 3.8) is 0 Å². The summed E-state index contributed by atoms with van der Waals surface area (Å²) >= 11 is 0. The number of aryl methyl sites for hydroxylation is 1. The van der Waals surface area contributed by atoms with Gasteiger partial charge in [0.05, 0.1) is 23.2 Å². The Morgan fingerprint density at radius 2 is 2.26 bits per heavy atom. The van der Waals surface area contributed by atoms with E-state index >= 15 is 0 Å². The SMILES string of the molecule is CCn1nccc1C(=O)N1CCc2[nH]cnc2[C@H]1c1cc2ccccn2n1. The molecule has 5 rings (SSSR count). The fraction of sp³-hybridized carbons (Fsp3) is 0.263. The van der Waals surface area contributed by atoms with Crippen molar-refractivity contribution in [3.05, 3.63) is 71.8 Å². The minimum atomic E-state index is -0.326. The molecule has 27 heavy (non-hydrogen) atoms. The fourth-order valence-electron chi connectivity index (χ4n) is 3.80. The van der Waals surface area contributed by atoms with Gasteiger partial charge in [0.2, 0.25) is 0 Å². The zero-order valence-corrected chi connectivity index (χ0v) is 14.9. The van der Waals surface area contributed by atoms with Crippen molar-refractivity contribution in [3.8, 4) is 0 Å². The molecule has 0 aromatic carbocycles. The van der Waals surface area contributed by atoms with Crippen LogP contribution in [-0.4, -0.2) is 46.7 Å². The molecule has 0 radical (unpaired) electrons. The molecule has 0 unspecified atom stereocenters. The number of hydrogen-bond donors (Lipinski definition) is 1. The van der Waals surface area contributed by atoms with E-state index in [4.69, 9.17) is 5.10 Å². The standard InChI is InChI=1S/C19H19N7O/c1-2-25-16(6-8-22-25)19(27)24-10-7-14-17(21-12-20-14)18(24)15-11-13-5-3-4-9-26(13)23-15/h3-6,8-9,11-12,18H,2,7,10H2,1H3,(H,20,21)/t18-/m1/s1. The Morgan fingerprint density at radius 3 is 3.11 bits per heavy atom. The molecule has 0 bridgehead atoms. The molecule has 0 saturated carbocycles. The van der Waals surface area contributed by atoms with Crippen LogP contribution in [0.25, 0.3) is 5.52 Å². The zero-order chi connectivity index (χ0) is 18.4. The van der Waals surface area contributed by atoms with Crippen LogP contribution in [0, 0.1) is 0 Å². The van der Waals surface area contributed by atoms with Crippen LogP contribution in [0.5, 0.6) is 0 Å². The summed E-state index contributed by atoms with van der Waals surface area (Å²) in [4.78, 5) is 22.9. The summed E-state index contributed by atoms with van der Waals surface area (Å²) < 4.78 is 3.55. The third-order valence-corrected chi connectivity index (χ3v) is 5.09. The molecular weight excluding hydrogens is 342 g/mol. The number of imidazole rings is 1. The molecule has 1 aliphatic heterocycles. The number of aromatic nitrogens is 6. The summed E-state index contributed by atoms with van der Waals surface area (Å²) in [5.74, 6) is -0.0509. The summed E-state index contributed by atoms with van der Waals surface area (Å²) in [5, 5.41) is 8.96. The molecule has 4 aromatic heterocycles. The number of nitrogens with zero attached hydrogens (tertiary/aromatic N) is 6. The Balaban J connectivity index is 1.63. The van der Waals surface area contributed by atoms with E-state index in [1.54, 1.807) is 23.3 Å². The number of nitrogens with one attached hydrogen (secondary N) is 1. The van der Waals surface area contributed by atoms with E-state index in [2.05, 4.69) is 15.1 Å². The van der Waals surface area contributed by atoms with E-state index in [1.165, 1.54) is 0 Å². The molecule has 1 aliphatic rings. The molecule has 1 amide bonds. The molecule has 4 aromatic rings. The van der Waals surface area contributed by atoms with Gasteiger partial charge in [0.15, 0.2) is 0 Å². The number of carbonyl (C=O) groups is 1. The maximum atomic E-state index is 13.4. The van der Waals surface area contributed by atoms with Crippen molar-refractivity contribution in [2.24, 2.45) is 0 Å². The van der Waals surface area contributed by atoms with Gasteiger partial charge in [-0.2, -0.15) is 10.2 Å². The topological polar surface area (TPSA) is 84.1 Å². The largest absolute Gasteiger partial charge is 0.348 e. The number of hydrogen-bond acceptors (Lipinski definition) is 4. The second-order valence-electron chi connectivity index (χ2n) is 6.59. The minimum absolute atomic E-state index is 0.0509. The highest BCUT2D eigenvalue weighted by atomic mass is 16.2. The third-order valence-electron chi connectivity index (χ3n) is 5.09. The summed E-state index contributed by atoms with van der Waals surface area (Å²) in [5.41, 5.74) is 4.31. The number of rotatable bonds is 3. The summed E-state index contributed by atoms with van der Waals surface area (Å²) in [7, 11) is 0. The first-order valence-electron chi connectivity index (χ1n) is 9.05. The predicted octanol–water partition coefficient (Wildman–Crippen LogP) is 2.06. The average molecular weight is 361 g/mol. The second kappa shape index (κ2) is 6.08. The molecule has 0 spiro atoms. The Labute approximate surface area is 155 Å². The number of H-pyrrole nitrogens is 1. The molecule has 1 atom stereocenters. The maximum absolute atomic E-state index is 13.4. The van der Waals surface area contributed by atoms with Gasteiger partial charge in [-0.15, -0.1) is 0 Å². The van der Waals surface area contributed by atoms with Gasteiger partial charge in [-0.3, -0.25) is 9.48 Å². The number of pyridine rings is 1. The molecular formula is C19H19N7O. The first kappa shape index (κ1) is 15.8. The van der Waals surface area contributed by atoms with E-state index in [-0.39, 0.29) is 11.9 Å². The molecule has 0 saturated heterocycles. The van der Waals surface area contributed by atoms with Crippen molar-refractivity contribution >= 4 is 11.4 Å². The molecule has 8 nitrogen and oxygen atoms in total. The van der Waals surface area contributed by atoms with Crippen LogP contribution in [0.4, 0.5) is 0 Å². The highest BCUT2D eigenvalue weighted by Gasteiger charge is 2.37. The van der Waals surface area contributed by atoms with Gasteiger partial charge in [0, 0.05) is 37.6 Å². The van der Waals surface area contributed by atoms with Gasteiger partial charge in [-0.1, -0.05) is 6.07 Å². The van der Waals surface area contributed by atoms with Crippen LogP contribution in [0.1, 0.15) is 40.5 Å². The molecule has 5 heterocycles. The van der Waals surface area contributed by atoms with E-state index in [1.807, 2.05) is 46.8 Å². The highest BCUT2D eigenvalue weighted by Crippen LogP contribution is 2.34. The van der Waals surface area contributed by atoms with Crippen molar-refractivity contribution < 1.29 is 4.79 Å². The minimum Gasteiger partial charge on any atom is -0.348 e. The van der Waals surface area contributed by atoms with E-state index in [9.17, 15) is 4.79 Å². The first-order valence-corrected chi connectivity index (χ1v) is 9.05. The Morgan fingerprint density at radius 1 is 1.33 bits per heavy atom. The number of aromatic amines is 1. The van der Waals surface area contributed by atoms with Crippen LogP contribution in [0.2, 0.25) is 0 Å². The van der Waals surface area contributed by atoms with Crippen molar-refractivity contribution in [2.75, 3.05) is 6.54 Å². The fourth-order valence-corrected chi connectivity index (χ4v) is 3.80. The van der Waals surface area contributed by atoms with Gasteiger partial charge in [-0.05, 0) is 31.2 Å². The van der Waals surface area contributed by atoms with Gasteiger partial charge >= 0.3 is 0 Å². The quantitative estimate of drug-likeness (QED) is 0.605. The van der Waals surface area contributed by atoms with Crippen LogP contribution in [-0.2, 0) is 13.0 Å². The lowest BCUT2D eigenvalue weighted by atomic mass is 9.99. The predicted molar refractivity (Wildman–Crippen MR) is 98.3 cm³/mol. The monoisotopic (exact) mass is 361 g/mol. The summed E-state index contributed by atoms with van der Waals surface area (Å²) in [6, 6.07) is 9.38. The van der Waals surface area contributed by atoms with Crippen LogP contribution in [0.3, 0.4) is 0 Å². The molecule has 8 heteroatoms. The normalized spacial score (nSPS) is 16.6. The molecule has 1 N–H and O–H groups in total. The second-order valence-corrected chi connectivity index (χ2v) is 6.59. The van der Waals surface area contributed by atoms with Crippen molar-refractivity contribution in [2.45, 2.75) is 25.9 Å². The lowest BCUT2D eigenvalue weighted by molar-refractivity contribution is 0.0674. The molecule has 0 fully saturated rings. The zero-order valence-electron chi connectivity index (χ0n) is 14.9. The third kappa shape index (κ3) is 2.44. The van der Waals surface area contributed by atoms with E-state index < -0.39 is 0 Å². The highest BCUT2D eigenvalue weighted by molar-refractivity contribution is 5.93. The molecule has 0 aliphatic carbocycles. The van der Waals surface area contributed by atoms with Gasteiger partial charge in [0.25, 0.3) is 5.91 Å². The lowest BCUT2D eigenvalue weighted by Gasteiger charge is -2.34. The van der Waals surface area contributed by atoms with Crippen molar-refractivity contribution in [1.29, 1.82) is 0 Å². The maximum Gasteiger partial charge on any atom is 0.273 e. The van der Waals surface area contributed by atoms with E-state index in [0.717, 1.165) is 29.0 Å². The summed E-state index contributed by atoms with van der Waals surface area (Å²) in [6.07, 6.45) is 6.01. The van der Waals surface area contributed by atoms with Crippen molar-refractivity contribution in [1.82, 2.24) is 34.3 Å². The Kier molecular flexibility index (Phi) is 3.56. The van der Waals surface area contributed by atoms with Gasteiger partial charge < -0.3 is 9.88 Å². The van der Waals surface area contributed by atoms with Crippen LogP contribution < -0.4 is 0 Å². The van der Waals surface area contributed by atoms with E-state index in [0.29, 0.717) is 18.8 Å². The lowest BCUT2D eigenvalue weighted by Crippen LogP contribution is -2.41. The summed E-state index contributed by atoms with van der Waals surface area (Å²) in [6.45, 7) is 3.22.